The summed E-state index contributed by atoms with van der Waals surface area (Å²) in [6, 6.07) is 8.13. The minimum absolute atomic E-state index is 0.121. The molecule has 0 unspecified atom stereocenters. The summed E-state index contributed by atoms with van der Waals surface area (Å²) in [7, 11) is 0. The smallest absolute Gasteiger partial charge is 0.185 e. The number of benzene rings is 2. The number of hydrogen-bond acceptors (Lipinski definition) is 4. The number of ketones is 1. The Balaban J connectivity index is 2.71. The van der Waals surface area contributed by atoms with Crippen molar-refractivity contribution in [2.45, 2.75) is 72.1 Å². The molecule has 4 heteroatoms. The predicted molar refractivity (Wildman–Crippen MR) is 127 cm³/mol. The fourth-order valence-electron chi connectivity index (χ4n) is 3.50. The Morgan fingerprint density at radius 2 is 1.55 bits per heavy atom. The van der Waals surface area contributed by atoms with Crippen LogP contribution in [0.5, 0.6) is 17.2 Å². The first-order valence-electron chi connectivity index (χ1n) is 11.0. The van der Waals surface area contributed by atoms with Crippen LogP contribution in [-0.2, 0) is 10.8 Å². The molecule has 0 amide bonds. The molecule has 0 heterocycles. The molecule has 4 nitrogen and oxygen atoms in total. The maximum atomic E-state index is 12.7. The maximum absolute atomic E-state index is 12.7. The number of phenolic OH excluding ortho intramolecular Hbond substituents is 2. The van der Waals surface area contributed by atoms with Crippen LogP contribution in [0.3, 0.4) is 0 Å². The lowest BCUT2D eigenvalue weighted by Gasteiger charge is -2.33. The van der Waals surface area contributed by atoms with Crippen molar-refractivity contribution in [3.8, 4) is 17.2 Å². The quantitative estimate of drug-likeness (QED) is 0.344. The monoisotopic (exact) mass is 424 g/mol. The van der Waals surface area contributed by atoms with Crippen molar-refractivity contribution in [3.63, 3.8) is 0 Å². The normalized spacial score (nSPS) is 12.4. The number of allylic oxidation sites excluding steroid dienone is 1. The van der Waals surface area contributed by atoms with Crippen molar-refractivity contribution in [3.05, 3.63) is 58.7 Å². The van der Waals surface area contributed by atoms with Crippen LogP contribution in [0.15, 0.2) is 36.4 Å². The predicted octanol–water partition coefficient (Wildman–Crippen LogP) is 6.77. The third-order valence-corrected chi connectivity index (χ3v) is 6.31. The van der Waals surface area contributed by atoms with Crippen molar-refractivity contribution in [2.24, 2.45) is 0 Å². The third-order valence-electron chi connectivity index (χ3n) is 6.31. The van der Waals surface area contributed by atoms with Gasteiger partial charge in [0.25, 0.3) is 0 Å². The summed E-state index contributed by atoms with van der Waals surface area (Å²) in [5, 5.41) is 20.8. The van der Waals surface area contributed by atoms with Crippen LogP contribution in [0, 0.1) is 0 Å². The lowest BCUT2D eigenvalue weighted by atomic mass is 9.74. The Hall–Kier alpha value is -2.75. The molecule has 2 aromatic carbocycles. The maximum Gasteiger partial charge on any atom is 0.185 e. The first kappa shape index (κ1) is 24.5. The molecule has 0 radical (unpaired) electrons. The molecule has 0 aromatic heterocycles. The van der Waals surface area contributed by atoms with E-state index in [9.17, 15) is 15.0 Å². The van der Waals surface area contributed by atoms with E-state index in [1.807, 2.05) is 13.0 Å². The molecule has 0 spiro atoms. The highest BCUT2D eigenvalue weighted by molar-refractivity contribution is 6.07. The number of aromatic hydroxyl groups is 2. The van der Waals surface area contributed by atoms with Gasteiger partial charge in [-0.3, -0.25) is 4.79 Å². The minimum atomic E-state index is -0.308. The highest BCUT2D eigenvalue weighted by Crippen LogP contribution is 2.48. The second-order valence-electron chi connectivity index (χ2n) is 9.22. The van der Waals surface area contributed by atoms with Crippen molar-refractivity contribution in [2.75, 3.05) is 6.61 Å². The Morgan fingerprint density at radius 3 is 2.06 bits per heavy atom. The topological polar surface area (TPSA) is 66.8 Å². The SMILES string of the molecule is CCOc1c(C=CC(=O)c2ccc(O)cc2)cc(C(C)(C)CC)c(O)c1C(C)(C)CC. The molecule has 0 aliphatic carbocycles. The van der Waals surface area contributed by atoms with Gasteiger partial charge in [-0.05, 0) is 73.1 Å². The average molecular weight is 425 g/mol. The van der Waals surface area contributed by atoms with E-state index in [4.69, 9.17) is 4.74 Å². The van der Waals surface area contributed by atoms with Gasteiger partial charge in [-0.1, -0.05) is 41.5 Å². The highest BCUT2D eigenvalue weighted by atomic mass is 16.5. The molecule has 0 bridgehead atoms. The minimum Gasteiger partial charge on any atom is -0.508 e. The van der Waals surface area contributed by atoms with Crippen LogP contribution in [0.1, 0.15) is 88.4 Å². The van der Waals surface area contributed by atoms with Gasteiger partial charge in [-0.25, -0.2) is 0 Å². The number of ether oxygens (including phenoxy) is 1. The second-order valence-corrected chi connectivity index (χ2v) is 9.22. The van der Waals surface area contributed by atoms with E-state index in [-0.39, 0.29) is 28.1 Å². The summed E-state index contributed by atoms with van der Waals surface area (Å²) in [5.74, 6) is 0.861. The van der Waals surface area contributed by atoms with E-state index in [1.54, 1.807) is 18.2 Å². The van der Waals surface area contributed by atoms with Crippen molar-refractivity contribution < 1.29 is 19.7 Å². The summed E-state index contributed by atoms with van der Waals surface area (Å²) in [6.45, 7) is 15.0. The fourth-order valence-corrected chi connectivity index (χ4v) is 3.50. The largest absolute Gasteiger partial charge is 0.508 e. The molecule has 0 saturated heterocycles. The second kappa shape index (κ2) is 9.59. The van der Waals surface area contributed by atoms with Crippen molar-refractivity contribution in [1.29, 1.82) is 0 Å². The number of phenols is 2. The average Bonchev–Trinajstić information content (AvgIpc) is 2.73. The van der Waals surface area contributed by atoms with Gasteiger partial charge in [0.2, 0.25) is 0 Å². The van der Waals surface area contributed by atoms with Crippen LogP contribution in [0.2, 0.25) is 0 Å². The molecule has 0 saturated carbocycles. The van der Waals surface area contributed by atoms with Crippen LogP contribution >= 0.6 is 0 Å². The first-order valence-corrected chi connectivity index (χ1v) is 11.0. The molecule has 0 aliphatic heterocycles. The van der Waals surface area contributed by atoms with Crippen LogP contribution in [0.4, 0.5) is 0 Å². The zero-order chi connectivity index (χ0) is 23.4. The van der Waals surface area contributed by atoms with E-state index < -0.39 is 0 Å². The van der Waals surface area contributed by atoms with Gasteiger partial charge in [0.05, 0.1) is 6.61 Å². The van der Waals surface area contributed by atoms with Gasteiger partial charge in [-0.2, -0.15) is 0 Å². The van der Waals surface area contributed by atoms with Crippen LogP contribution in [0.25, 0.3) is 6.08 Å². The lowest BCUT2D eigenvalue weighted by Crippen LogP contribution is -2.22. The molecule has 0 fully saturated rings. The fraction of sp³-hybridized carbons (Fsp3) is 0.444. The summed E-state index contributed by atoms with van der Waals surface area (Å²) < 4.78 is 6.04. The van der Waals surface area contributed by atoms with Gasteiger partial charge in [0.15, 0.2) is 5.78 Å². The zero-order valence-electron chi connectivity index (χ0n) is 19.9. The van der Waals surface area contributed by atoms with Crippen molar-refractivity contribution >= 4 is 11.9 Å². The Bertz CT molecular complexity index is 950. The summed E-state index contributed by atoms with van der Waals surface area (Å²) in [6.07, 6.45) is 4.97. The van der Waals surface area contributed by atoms with E-state index in [0.717, 1.165) is 29.5 Å². The van der Waals surface area contributed by atoms with E-state index >= 15 is 0 Å². The first-order chi connectivity index (χ1) is 14.5. The molecular weight excluding hydrogens is 388 g/mol. The number of carbonyl (C=O) groups excluding carboxylic acids is 1. The summed E-state index contributed by atoms with van der Waals surface area (Å²) >= 11 is 0. The number of hydrogen-bond donors (Lipinski definition) is 2. The van der Waals surface area contributed by atoms with Crippen molar-refractivity contribution in [1.82, 2.24) is 0 Å². The summed E-state index contributed by atoms with van der Waals surface area (Å²) in [4.78, 5) is 12.7. The molecule has 2 aromatic rings. The lowest BCUT2D eigenvalue weighted by molar-refractivity contribution is 0.104. The standard InChI is InChI=1S/C27H36O4/c1-8-26(4,5)21-17-19(13-16-22(29)18-11-14-20(28)15-12-18)25(31-10-3)23(24(21)30)27(6,7)9-2/h11-17,28,30H,8-10H2,1-7H3. The zero-order valence-corrected chi connectivity index (χ0v) is 19.9. The molecule has 0 atom stereocenters. The van der Waals surface area contributed by atoms with Gasteiger partial charge >= 0.3 is 0 Å². The van der Waals surface area contributed by atoms with E-state index in [0.29, 0.717) is 17.9 Å². The Morgan fingerprint density at radius 1 is 0.968 bits per heavy atom. The van der Waals surface area contributed by atoms with Gasteiger partial charge in [-0.15, -0.1) is 0 Å². The van der Waals surface area contributed by atoms with Gasteiger partial charge in [0, 0.05) is 22.3 Å². The molecule has 2 N–H and O–H groups in total. The molecule has 168 valence electrons. The molecule has 0 aliphatic rings. The Kier molecular flexibility index (Phi) is 7.58. The molecule has 31 heavy (non-hydrogen) atoms. The Labute approximate surface area is 186 Å². The number of carbonyl (C=O) groups is 1. The molecular formula is C27H36O4. The van der Waals surface area contributed by atoms with Gasteiger partial charge in [0.1, 0.15) is 17.2 Å². The van der Waals surface area contributed by atoms with E-state index in [1.165, 1.54) is 18.2 Å². The number of rotatable bonds is 9. The van der Waals surface area contributed by atoms with E-state index in [2.05, 4.69) is 41.5 Å². The summed E-state index contributed by atoms with van der Waals surface area (Å²) in [5.41, 5.74) is 2.36. The van der Waals surface area contributed by atoms with Crippen LogP contribution in [-0.4, -0.2) is 22.6 Å². The van der Waals surface area contributed by atoms with Crippen LogP contribution < -0.4 is 4.74 Å². The highest BCUT2D eigenvalue weighted by Gasteiger charge is 2.33. The molecule has 2 rings (SSSR count). The van der Waals surface area contributed by atoms with Gasteiger partial charge < -0.3 is 14.9 Å². The third kappa shape index (κ3) is 5.30.